The predicted molar refractivity (Wildman–Crippen MR) is 76.7 cm³/mol. The molecule has 100 valence electrons. The molecule has 0 aliphatic heterocycles. The molecule has 2 rings (SSSR count). The van der Waals surface area contributed by atoms with Crippen molar-refractivity contribution in [1.82, 2.24) is 9.97 Å². The number of anilines is 2. The monoisotopic (exact) mass is 276 g/mol. The Bertz CT molecular complexity index is 539. The van der Waals surface area contributed by atoms with Gasteiger partial charge in [-0.05, 0) is 35.9 Å². The Labute approximate surface area is 116 Å². The minimum absolute atomic E-state index is 0.355. The van der Waals surface area contributed by atoms with E-state index >= 15 is 0 Å². The van der Waals surface area contributed by atoms with Crippen LogP contribution < -0.4 is 11.5 Å². The Balaban J connectivity index is 2.15. The van der Waals surface area contributed by atoms with Crippen molar-refractivity contribution < 1.29 is 5.11 Å². The third-order valence-electron chi connectivity index (χ3n) is 2.61. The molecule has 0 spiro atoms. The normalized spacial score (nSPS) is 12.3. The summed E-state index contributed by atoms with van der Waals surface area (Å²) >= 11 is 1.38. The smallest absolute Gasteiger partial charge is 0.196 e. The summed E-state index contributed by atoms with van der Waals surface area (Å²) in [6.07, 6.45) is 0.278. The molecule has 1 atom stereocenters. The summed E-state index contributed by atoms with van der Waals surface area (Å²) in [6, 6.07) is 9.15. The van der Waals surface area contributed by atoms with Crippen LogP contribution in [0.25, 0.3) is 0 Å². The van der Waals surface area contributed by atoms with Gasteiger partial charge in [-0.1, -0.05) is 19.1 Å². The fourth-order valence-electron chi connectivity index (χ4n) is 1.61. The molecule has 5 N–H and O–H groups in total. The van der Waals surface area contributed by atoms with E-state index in [1.165, 1.54) is 17.8 Å². The van der Waals surface area contributed by atoms with Crippen molar-refractivity contribution in [3.63, 3.8) is 0 Å². The van der Waals surface area contributed by atoms with Crippen LogP contribution in [0, 0.1) is 0 Å². The lowest BCUT2D eigenvalue weighted by molar-refractivity contribution is 0.173. The van der Waals surface area contributed by atoms with Gasteiger partial charge in [-0.3, -0.25) is 0 Å². The van der Waals surface area contributed by atoms with Crippen LogP contribution >= 0.6 is 11.8 Å². The van der Waals surface area contributed by atoms with Crippen LogP contribution in [0.15, 0.2) is 40.4 Å². The molecule has 0 aliphatic carbocycles. The van der Waals surface area contributed by atoms with Gasteiger partial charge >= 0.3 is 0 Å². The number of aromatic nitrogens is 2. The third kappa shape index (κ3) is 3.59. The summed E-state index contributed by atoms with van der Waals surface area (Å²) in [7, 11) is 0. The number of nitrogens with two attached hydrogens (primary N) is 2. The van der Waals surface area contributed by atoms with Gasteiger partial charge in [0, 0.05) is 11.0 Å². The van der Waals surface area contributed by atoms with E-state index < -0.39 is 6.10 Å². The molecule has 0 radical (unpaired) electrons. The summed E-state index contributed by atoms with van der Waals surface area (Å²) in [5, 5.41) is 10.2. The molecule has 0 saturated heterocycles. The van der Waals surface area contributed by atoms with Crippen molar-refractivity contribution in [3.05, 3.63) is 35.9 Å². The van der Waals surface area contributed by atoms with Crippen LogP contribution in [0.4, 0.5) is 11.6 Å². The molecule has 0 amide bonds. The van der Waals surface area contributed by atoms with Crippen molar-refractivity contribution in [2.75, 3.05) is 11.5 Å². The molecule has 1 aromatic carbocycles. The van der Waals surface area contributed by atoms with E-state index in [4.69, 9.17) is 11.5 Å². The Morgan fingerprint density at radius 2 is 1.74 bits per heavy atom. The first kappa shape index (κ1) is 13.6. The van der Waals surface area contributed by atoms with Gasteiger partial charge in [0.1, 0.15) is 11.6 Å². The average molecular weight is 276 g/mol. The molecule has 0 bridgehead atoms. The molecule has 6 heteroatoms. The van der Waals surface area contributed by atoms with Gasteiger partial charge in [-0.25, -0.2) is 9.97 Å². The van der Waals surface area contributed by atoms with Crippen LogP contribution in [0.2, 0.25) is 0 Å². The molecular weight excluding hydrogens is 260 g/mol. The molecule has 0 fully saturated rings. The van der Waals surface area contributed by atoms with Gasteiger partial charge in [0.15, 0.2) is 5.16 Å². The maximum absolute atomic E-state index is 9.72. The van der Waals surface area contributed by atoms with Crippen molar-refractivity contribution in [2.24, 2.45) is 0 Å². The summed E-state index contributed by atoms with van der Waals surface area (Å²) < 4.78 is 0. The Kier molecular flexibility index (Phi) is 4.24. The number of aliphatic hydroxyl groups is 1. The van der Waals surface area contributed by atoms with Gasteiger partial charge in [0.05, 0.1) is 6.10 Å². The number of hydrogen-bond donors (Lipinski definition) is 3. The standard InChI is InChI=1S/C13H16N4OS/c1-2-10(18)8-3-5-9(6-4-8)19-13-16-11(14)7-12(15)17-13/h3-7,10,18H,2H2,1H3,(H4,14,15,16,17)/t10-/m0/s1. The van der Waals surface area contributed by atoms with Crippen molar-refractivity contribution in [3.8, 4) is 0 Å². The maximum atomic E-state index is 9.72. The molecule has 2 aromatic rings. The number of hydrogen-bond acceptors (Lipinski definition) is 6. The van der Waals surface area contributed by atoms with Gasteiger partial charge < -0.3 is 16.6 Å². The average Bonchev–Trinajstić information content (AvgIpc) is 2.37. The summed E-state index contributed by atoms with van der Waals surface area (Å²) in [6.45, 7) is 1.94. The van der Waals surface area contributed by atoms with E-state index in [2.05, 4.69) is 9.97 Å². The second-order valence-corrected chi connectivity index (χ2v) is 5.14. The second kappa shape index (κ2) is 5.90. The number of rotatable bonds is 4. The number of aliphatic hydroxyl groups excluding tert-OH is 1. The van der Waals surface area contributed by atoms with E-state index in [1.807, 2.05) is 31.2 Å². The number of nitrogen functional groups attached to an aromatic ring is 2. The topological polar surface area (TPSA) is 98.0 Å². The zero-order chi connectivity index (χ0) is 13.8. The molecule has 19 heavy (non-hydrogen) atoms. The van der Waals surface area contributed by atoms with Crippen LogP contribution in [0.3, 0.4) is 0 Å². The van der Waals surface area contributed by atoms with Crippen molar-refractivity contribution >= 4 is 23.4 Å². The third-order valence-corrected chi connectivity index (χ3v) is 3.48. The lowest BCUT2D eigenvalue weighted by atomic mass is 10.1. The zero-order valence-corrected chi connectivity index (χ0v) is 11.4. The fourth-order valence-corrected chi connectivity index (χ4v) is 2.39. The summed E-state index contributed by atoms with van der Waals surface area (Å²) in [5.41, 5.74) is 12.1. The molecule has 0 aliphatic rings. The predicted octanol–water partition coefficient (Wildman–Crippen LogP) is 2.24. The molecular formula is C13H16N4OS. The summed E-state index contributed by atoms with van der Waals surface area (Å²) in [4.78, 5) is 9.18. The highest BCUT2D eigenvalue weighted by atomic mass is 32.2. The van der Waals surface area contributed by atoms with Crippen molar-refractivity contribution in [1.29, 1.82) is 0 Å². The first-order valence-electron chi connectivity index (χ1n) is 5.94. The van der Waals surface area contributed by atoms with E-state index in [-0.39, 0.29) is 0 Å². The van der Waals surface area contributed by atoms with Crippen molar-refractivity contribution in [2.45, 2.75) is 29.5 Å². The van der Waals surface area contributed by atoms with E-state index in [9.17, 15) is 5.11 Å². The highest BCUT2D eigenvalue weighted by Gasteiger charge is 2.06. The van der Waals surface area contributed by atoms with E-state index in [1.54, 1.807) is 0 Å². The van der Waals surface area contributed by atoms with Crippen LogP contribution in [-0.2, 0) is 0 Å². The van der Waals surface area contributed by atoms with Gasteiger partial charge in [0.2, 0.25) is 0 Å². The van der Waals surface area contributed by atoms with E-state index in [0.717, 1.165) is 10.5 Å². The highest BCUT2D eigenvalue weighted by Crippen LogP contribution is 2.27. The quantitative estimate of drug-likeness (QED) is 0.741. The second-order valence-electron chi connectivity index (χ2n) is 4.10. The fraction of sp³-hybridized carbons (Fsp3) is 0.231. The number of benzene rings is 1. The maximum Gasteiger partial charge on any atom is 0.196 e. The van der Waals surface area contributed by atoms with Gasteiger partial charge in [-0.15, -0.1) is 0 Å². The first-order valence-corrected chi connectivity index (χ1v) is 6.76. The zero-order valence-electron chi connectivity index (χ0n) is 10.6. The minimum atomic E-state index is -0.418. The van der Waals surface area contributed by atoms with E-state index in [0.29, 0.717) is 23.2 Å². The lowest BCUT2D eigenvalue weighted by Gasteiger charge is -2.08. The molecule has 5 nitrogen and oxygen atoms in total. The number of nitrogens with zero attached hydrogens (tertiary/aromatic N) is 2. The SMILES string of the molecule is CC[C@H](O)c1ccc(Sc2nc(N)cc(N)n2)cc1. The Morgan fingerprint density at radius 1 is 1.16 bits per heavy atom. The first-order chi connectivity index (χ1) is 9.08. The Morgan fingerprint density at radius 3 is 2.26 bits per heavy atom. The van der Waals surface area contributed by atoms with Gasteiger partial charge in [0.25, 0.3) is 0 Å². The highest BCUT2D eigenvalue weighted by molar-refractivity contribution is 7.99. The van der Waals surface area contributed by atoms with Crippen LogP contribution in [-0.4, -0.2) is 15.1 Å². The van der Waals surface area contributed by atoms with Crippen LogP contribution in [0.5, 0.6) is 0 Å². The summed E-state index contributed by atoms with van der Waals surface area (Å²) in [5.74, 6) is 0.709. The molecule has 1 heterocycles. The van der Waals surface area contributed by atoms with Gasteiger partial charge in [-0.2, -0.15) is 0 Å². The molecule has 1 aromatic heterocycles. The lowest BCUT2D eigenvalue weighted by Crippen LogP contribution is -1.99. The molecule has 0 saturated carbocycles. The largest absolute Gasteiger partial charge is 0.388 e. The minimum Gasteiger partial charge on any atom is -0.388 e. The Hall–Kier alpha value is -1.79. The molecule has 0 unspecified atom stereocenters. The van der Waals surface area contributed by atoms with Crippen LogP contribution in [0.1, 0.15) is 25.0 Å².